The van der Waals surface area contributed by atoms with E-state index in [0.717, 1.165) is 25.7 Å². The van der Waals surface area contributed by atoms with Crippen LogP contribution in [0.2, 0.25) is 5.02 Å². The van der Waals surface area contributed by atoms with Crippen LogP contribution in [0.15, 0.2) is 18.2 Å². The second-order valence-electron chi connectivity index (χ2n) is 5.09. The molecule has 1 aromatic rings. The Balaban J connectivity index is 2.43. The monoisotopic (exact) mass is 357 g/mol. The van der Waals surface area contributed by atoms with Crippen LogP contribution < -0.4 is 10.6 Å². The minimum absolute atomic E-state index is 0.0441. The first-order valence-electron chi connectivity index (χ1n) is 7.48. The number of halogens is 1. The number of hydrogen-bond acceptors (Lipinski definition) is 4. The molecule has 126 valence electrons. The summed E-state index contributed by atoms with van der Waals surface area (Å²) < 4.78 is 0. The molecule has 0 unspecified atom stereocenters. The lowest BCUT2D eigenvalue weighted by atomic mass is 10.1. The number of anilines is 1. The van der Waals surface area contributed by atoms with Gasteiger partial charge in [-0.3, -0.25) is 14.9 Å². The first-order chi connectivity index (χ1) is 10.9. The number of nitro groups is 1. The molecule has 1 aromatic carbocycles. The molecule has 1 amide bonds. The Kier molecular flexibility index (Phi) is 8.50. The first-order valence-corrected chi connectivity index (χ1v) is 8.27. The summed E-state index contributed by atoms with van der Waals surface area (Å²) in [6.07, 6.45) is 5.71. The molecule has 0 heterocycles. The molecule has 2 N–H and O–H groups in total. The van der Waals surface area contributed by atoms with E-state index in [-0.39, 0.29) is 21.7 Å². The number of unbranched alkanes of at least 4 members (excludes halogenated alkanes) is 4. The molecule has 0 saturated carbocycles. The molecule has 0 saturated heterocycles. The van der Waals surface area contributed by atoms with Crippen molar-refractivity contribution in [2.75, 3.05) is 5.32 Å². The Morgan fingerprint density at radius 2 is 2.00 bits per heavy atom. The first kappa shape index (κ1) is 19.3. The normalized spacial score (nSPS) is 10.2. The van der Waals surface area contributed by atoms with Gasteiger partial charge in [-0.25, -0.2) is 0 Å². The third kappa shape index (κ3) is 7.38. The maximum absolute atomic E-state index is 11.7. The van der Waals surface area contributed by atoms with Crippen LogP contribution in [0, 0.1) is 10.1 Å². The number of nitro benzene ring substituents is 1. The lowest BCUT2D eigenvalue weighted by molar-refractivity contribution is -0.384. The molecule has 6 nitrogen and oxygen atoms in total. The van der Waals surface area contributed by atoms with Gasteiger partial charge in [0.05, 0.1) is 4.92 Å². The number of nitrogens with zero attached hydrogens (tertiary/aromatic N) is 1. The quantitative estimate of drug-likeness (QED) is 0.311. The summed E-state index contributed by atoms with van der Waals surface area (Å²) in [6, 6.07) is 4.23. The molecule has 8 heteroatoms. The van der Waals surface area contributed by atoms with Gasteiger partial charge in [0.2, 0.25) is 5.91 Å². The summed E-state index contributed by atoms with van der Waals surface area (Å²) in [4.78, 5) is 22.0. The van der Waals surface area contributed by atoms with Gasteiger partial charge in [-0.05, 0) is 30.8 Å². The molecule has 0 aliphatic rings. The van der Waals surface area contributed by atoms with Crippen molar-refractivity contribution in [3.8, 4) is 0 Å². The van der Waals surface area contributed by atoms with Gasteiger partial charge in [-0.15, -0.1) is 0 Å². The summed E-state index contributed by atoms with van der Waals surface area (Å²) in [5, 5.41) is 16.3. The third-order valence-corrected chi connectivity index (χ3v) is 3.68. The molecule has 0 aliphatic heterocycles. The summed E-state index contributed by atoms with van der Waals surface area (Å²) >= 11 is 10.8. The number of amides is 1. The van der Waals surface area contributed by atoms with Crippen LogP contribution in [0.1, 0.15) is 45.4 Å². The number of hydrogen-bond donors (Lipinski definition) is 2. The second-order valence-corrected chi connectivity index (χ2v) is 5.91. The zero-order valence-electron chi connectivity index (χ0n) is 12.9. The van der Waals surface area contributed by atoms with Crippen molar-refractivity contribution in [1.82, 2.24) is 5.32 Å². The average Bonchev–Trinajstić information content (AvgIpc) is 2.48. The number of nitrogens with one attached hydrogen (secondary N) is 2. The molecular weight excluding hydrogens is 338 g/mol. The largest absolute Gasteiger partial charge is 0.332 e. The van der Waals surface area contributed by atoms with Crippen molar-refractivity contribution in [3.63, 3.8) is 0 Å². The summed E-state index contributed by atoms with van der Waals surface area (Å²) in [6.45, 7) is 2.14. The van der Waals surface area contributed by atoms with E-state index in [1.165, 1.54) is 18.6 Å². The van der Waals surface area contributed by atoms with Crippen LogP contribution in [-0.4, -0.2) is 15.9 Å². The van der Waals surface area contributed by atoms with Crippen molar-refractivity contribution in [1.29, 1.82) is 0 Å². The second kappa shape index (κ2) is 10.1. The highest BCUT2D eigenvalue weighted by Gasteiger charge is 2.13. The Morgan fingerprint density at radius 3 is 2.65 bits per heavy atom. The number of carbonyl (C=O) groups excluding carboxylic acids is 1. The van der Waals surface area contributed by atoms with Gasteiger partial charge in [0.15, 0.2) is 5.11 Å². The van der Waals surface area contributed by atoms with E-state index < -0.39 is 4.92 Å². The molecule has 0 aromatic heterocycles. The van der Waals surface area contributed by atoms with Gasteiger partial charge in [0, 0.05) is 18.2 Å². The fourth-order valence-corrected chi connectivity index (χ4v) is 2.39. The molecule has 0 spiro atoms. The maximum atomic E-state index is 11.7. The van der Waals surface area contributed by atoms with Crippen LogP contribution in [0.4, 0.5) is 11.4 Å². The number of thiocarbonyl (C=S) groups is 1. The van der Waals surface area contributed by atoms with E-state index in [0.29, 0.717) is 12.1 Å². The van der Waals surface area contributed by atoms with Crippen molar-refractivity contribution in [3.05, 3.63) is 33.3 Å². The Labute approximate surface area is 145 Å². The van der Waals surface area contributed by atoms with Crippen molar-refractivity contribution < 1.29 is 9.72 Å². The van der Waals surface area contributed by atoms with Crippen LogP contribution in [0.25, 0.3) is 0 Å². The lowest BCUT2D eigenvalue weighted by Crippen LogP contribution is -2.33. The highest BCUT2D eigenvalue weighted by Crippen LogP contribution is 2.27. The molecule has 0 atom stereocenters. The smallest absolute Gasteiger partial charge is 0.289 e. The highest BCUT2D eigenvalue weighted by molar-refractivity contribution is 7.80. The highest BCUT2D eigenvalue weighted by atomic mass is 35.5. The molecule has 0 aliphatic carbocycles. The predicted octanol–water partition coefficient (Wildman–Crippen LogP) is 4.42. The maximum Gasteiger partial charge on any atom is 0.289 e. The van der Waals surface area contributed by atoms with Gasteiger partial charge >= 0.3 is 0 Å². The van der Waals surface area contributed by atoms with Gasteiger partial charge in [0.1, 0.15) is 5.02 Å². The SMILES string of the molecule is CCCCCCCC(=O)NC(=S)Nc1ccc(Cl)c([N+](=O)[O-])c1. The fourth-order valence-electron chi connectivity index (χ4n) is 1.97. The van der Waals surface area contributed by atoms with E-state index in [2.05, 4.69) is 17.6 Å². The minimum atomic E-state index is -0.578. The molecule has 0 radical (unpaired) electrons. The van der Waals surface area contributed by atoms with Crippen LogP contribution in [0.3, 0.4) is 0 Å². The van der Waals surface area contributed by atoms with E-state index in [1.54, 1.807) is 6.07 Å². The Bertz CT molecular complexity index is 581. The van der Waals surface area contributed by atoms with E-state index in [9.17, 15) is 14.9 Å². The third-order valence-electron chi connectivity index (χ3n) is 3.16. The molecule has 1 rings (SSSR count). The molecule has 23 heavy (non-hydrogen) atoms. The Morgan fingerprint density at radius 1 is 1.30 bits per heavy atom. The Hall–Kier alpha value is -1.73. The number of benzene rings is 1. The van der Waals surface area contributed by atoms with Gasteiger partial charge in [-0.2, -0.15) is 0 Å². The van der Waals surface area contributed by atoms with E-state index in [4.69, 9.17) is 23.8 Å². The zero-order valence-corrected chi connectivity index (χ0v) is 14.5. The summed E-state index contributed by atoms with van der Waals surface area (Å²) in [7, 11) is 0. The van der Waals surface area contributed by atoms with Crippen molar-refractivity contribution >= 4 is 46.2 Å². The minimum Gasteiger partial charge on any atom is -0.332 e. The van der Waals surface area contributed by atoms with Gasteiger partial charge < -0.3 is 10.6 Å². The molecule has 0 fully saturated rings. The molecular formula is C15H20ClN3O3S. The number of carbonyl (C=O) groups is 1. The average molecular weight is 358 g/mol. The summed E-state index contributed by atoms with van der Waals surface area (Å²) in [5.74, 6) is -0.164. The van der Waals surface area contributed by atoms with Crippen LogP contribution in [-0.2, 0) is 4.79 Å². The zero-order chi connectivity index (χ0) is 17.2. The topological polar surface area (TPSA) is 84.3 Å². The van der Waals surface area contributed by atoms with Gasteiger partial charge in [0.25, 0.3) is 5.69 Å². The van der Waals surface area contributed by atoms with Crippen LogP contribution >= 0.6 is 23.8 Å². The predicted molar refractivity (Wildman–Crippen MR) is 95.8 cm³/mol. The van der Waals surface area contributed by atoms with E-state index >= 15 is 0 Å². The van der Waals surface area contributed by atoms with Gasteiger partial charge in [-0.1, -0.05) is 44.2 Å². The fraction of sp³-hybridized carbons (Fsp3) is 0.467. The summed E-state index contributed by atoms with van der Waals surface area (Å²) in [5.41, 5.74) is 0.177. The number of rotatable bonds is 8. The van der Waals surface area contributed by atoms with Crippen molar-refractivity contribution in [2.24, 2.45) is 0 Å². The lowest BCUT2D eigenvalue weighted by Gasteiger charge is -2.09. The molecule has 0 bridgehead atoms. The van der Waals surface area contributed by atoms with Crippen molar-refractivity contribution in [2.45, 2.75) is 45.4 Å². The standard InChI is InChI=1S/C15H20ClN3O3S/c1-2-3-4-5-6-7-14(20)18-15(23)17-11-8-9-12(16)13(10-11)19(21)22/h8-10H,2-7H2,1H3,(H2,17,18,20,23). The van der Waals surface area contributed by atoms with E-state index in [1.807, 2.05) is 0 Å². The van der Waals surface area contributed by atoms with Crippen LogP contribution in [0.5, 0.6) is 0 Å².